The van der Waals surface area contributed by atoms with Crippen LogP contribution in [0.2, 0.25) is 0 Å². The minimum absolute atomic E-state index is 0.271. The molecule has 0 bridgehead atoms. The Morgan fingerprint density at radius 1 is 1.39 bits per heavy atom. The first kappa shape index (κ1) is 12.3. The standard InChI is InChI=1S/C12H11FN2O3/c1-7-6-8(2-3-9(7)13)12(14)10-4-5-11(18-10)15(16)17/h2-6,12H,14H2,1H3. The van der Waals surface area contributed by atoms with E-state index < -0.39 is 11.0 Å². The van der Waals surface area contributed by atoms with Gasteiger partial charge in [0.05, 0.1) is 12.1 Å². The van der Waals surface area contributed by atoms with Crippen molar-refractivity contribution < 1.29 is 13.7 Å². The van der Waals surface area contributed by atoms with Crippen LogP contribution in [-0.4, -0.2) is 4.92 Å². The Morgan fingerprint density at radius 3 is 2.67 bits per heavy atom. The summed E-state index contributed by atoms with van der Waals surface area (Å²) in [5.41, 5.74) is 7.01. The summed E-state index contributed by atoms with van der Waals surface area (Å²) in [5.74, 6) is -0.414. The van der Waals surface area contributed by atoms with Gasteiger partial charge in [-0.3, -0.25) is 10.1 Å². The summed E-state index contributed by atoms with van der Waals surface area (Å²) in [6.07, 6.45) is 0. The predicted octanol–water partition coefficient (Wildman–Crippen LogP) is 2.68. The zero-order valence-electron chi connectivity index (χ0n) is 9.59. The normalized spacial score (nSPS) is 12.4. The lowest BCUT2D eigenvalue weighted by atomic mass is 10.0. The van der Waals surface area contributed by atoms with Crippen LogP contribution in [0.3, 0.4) is 0 Å². The van der Waals surface area contributed by atoms with Crippen molar-refractivity contribution in [1.29, 1.82) is 0 Å². The van der Waals surface area contributed by atoms with Crippen molar-refractivity contribution >= 4 is 5.88 Å². The molecular formula is C12H11FN2O3. The van der Waals surface area contributed by atoms with Crippen LogP contribution in [0.25, 0.3) is 0 Å². The maximum Gasteiger partial charge on any atom is 0.433 e. The molecule has 1 aromatic carbocycles. The molecule has 0 aliphatic heterocycles. The first-order chi connectivity index (χ1) is 8.49. The van der Waals surface area contributed by atoms with E-state index in [2.05, 4.69) is 0 Å². The van der Waals surface area contributed by atoms with Crippen LogP contribution < -0.4 is 5.73 Å². The molecular weight excluding hydrogens is 239 g/mol. The van der Waals surface area contributed by atoms with Gasteiger partial charge in [0.1, 0.15) is 16.5 Å². The highest BCUT2D eigenvalue weighted by molar-refractivity contribution is 5.32. The summed E-state index contributed by atoms with van der Waals surface area (Å²) < 4.78 is 18.1. The number of hydrogen-bond acceptors (Lipinski definition) is 4. The van der Waals surface area contributed by atoms with Crippen LogP contribution >= 0.6 is 0 Å². The molecule has 0 fully saturated rings. The Kier molecular flexibility index (Phi) is 3.12. The molecule has 0 aliphatic rings. The highest BCUT2D eigenvalue weighted by Crippen LogP contribution is 2.25. The molecule has 2 rings (SSSR count). The second-order valence-corrected chi connectivity index (χ2v) is 3.92. The van der Waals surface area contributed by atoms with Crippen molar-refractivity contribution in [2.75, 3.05) is 0 Å². The van der Waals surface area contributed by atoms with Gasteiger partial charge in [-0.1, -0.05) is 12.1 Å². The van der Waals surface area contributed by atoms with E-state index in [9.17, 15) is 14.5 Å². The van der Waals surface area contributed by atoms with Crippen molar-refractivity contribution in [3.05, 3.63) is 63.2 Å². The fraction of sp³-hybridized carbons (Fsp3) is 0.167. The minimum atomic E-state index is -0.655. The Hall–Kier alpha value is -2.21. The van der Waals surface area contributed by atoms with Crippen LogP contribution in [0, 0.1) is 22.9 Å². The number of aryl methyl sites for hydroxylation is 1. The van der Waals surface area contributed by atoms with Gasteiger partial charge in [-0.15, -0.1) is 0 Å². The average Bonchev–Trinajstić information content (AvgIpc) is 2.81. The third-order valence-corrected chi connectivity index (χ3v) is 2.64. The van der Waals surface area contributed by atoms with Crippen LogP contribution in [0.1, 0.15) is 22.9 Å². The van der Waals surface area contributed by atoms with Gasteiger partial charge >= 0.3 is 5.88 Å². The van der Waals surface area contributed by atoms with E-state index in [0.29, 0.717) is 11.1 Å². The second-order valence-electron chi connectivity index (χ2n) is 3.92. The van der Waals surface area contributed by atoms with Crippen molar-refractivity contribution in [1.82, 2.24) is 0 Å². The van der Waals surface area contributed by atoms with Gasteiger partial charge in [0.2, 0.25) is 0 Å². The maximum atomic E-state index is 13.1. The third-order valence-electron chi connectivity index (χ3n) is 2.64. The van der Waals surface area contributed by atoms with Crippen LogP contribution in [0.4, 0.5) is 10.3 Å². The van der Waals surface area contributed by atoms with Gasteiger partial charge in [-0.25, -0.2) is 4.39 Å². The number of furan rings is 1. The van der Waals surface area contributed by atoms with Crippen molar-refractivity contribution in [3.63, 3.8) is 0 Å². The van der Waals surface area contributed by atoms with Gasteiger partial charge in [0.15, 0.2) is 0 Å². The van der Waals surface area contributed by atoms with E-state index >= 15 is 0 Å². The Bertz CT molecular complexity index is 595. The van der Waals surface area contributed by atoms with E-state index in [-0.39, 0.29) is 17.5 Å². The molecule has 0 spiro atoms. The summed E-state index contributed by atoms with van der Waals surface area (Å²) in [6, 6.07) is 6.46. The lowest BCUT2D eigenvalue weighted by Crippen LogP contribution is -2.11. The molecule has 2 aromatic rings. The molecule has 0 amide bonds. The number of nitrogens with zero attached hydrogens (tertiary/aromatic N) is 1. The number of nitro groups is 1. The van der Waals surface area contributed by atoms with E-state index in [0.717, 1.165) is 0 Å². The summed E-state index contributed by atoms with van der Waals surface area (Å²) in [6.45, 7) is 1.62. The summed E-state index contributed by atoms with van der Waals surface area (Å²) in [5, 5.41) is 10.5. The lowest BCUT2D eigenvalue weighted by molar-refractivity contribution is -0.402. The smallest absolute Gasteiger partial charge is 0.404 e. The number of benzene rings is 1. The highest BCUT2D eigenvalue weighted by Gasteiger charge is 2.18. The molecule has 5 nitrogen and oxygen atoms in total. The van der Waals surface area contributed by atoms with E-state index in [4.69, 9.17) is 10.2 Å². The fourth-order valence-electron chi connectivity index (χ4n) is 1.63. The molecule has 1 aromatic heterocycles. The van der Waals surface area contributed by atoms with Gasteiger partial charge in [-0.2, -0.15) is 0 Å². The molecule has 2 N–H and O–H groups in total. The van der Waals surface area contributed by atoms with Crippen LogP contribution in [-0.2, 0) is 0 Å². The SMILES string of the molecule is Cc1cc(C(N)c2ccc([N+](=O)[O-])o2)ccc1F. The molecule has 94 valence electrons. The summed E-state index contributed by atoms with van der Waals surface area (Å²) in [4.78, 5) is 9.86. The molecule has 0 aliphatic carbocycles. The largest absolute Gasteiger partial charge is 0.433 e. The second kappa shape index (κ2) is 4.58. The molecule has 0 saturated heterocycles. The number of hydrogen-bond donors (Lipinski definition) is 1. The topological polar surface area (TPSA) is 82.3 Å². The van der Waals surface area contributed by atoms with Gasteiger partial charge in [0, 0.05) is 0 Å². The lowest BCUT2D eigenvalue weighted by Gasteiger charge is -2.09. The molecule has 6 heteroatoms. The third kappa shape index (κ3) is 2.23. The quantitative estimate of drug-likeness (QED) is 0.670. The first-order valence-corrected chi connectivity index (χ1v) is 5.25. The molecule has 0 saturated carbocycles. The van der Waals surface area contributed by atoms with Gasteiger partial charge in [-0.05, 0) is 30.2 Å². The Morgan fingerprint density at radius 2 is 2.11 bits per heavy atom. The molecule has 1 heterocycles. The van der Waals surface area contributed by atoms with Crippen molar-refractivity contribution in [2.24, 2.45) is 5.73 Å². The number of halogens is 1. The number of nitrogens with two attached hydrogens (primary N) is 1. The zero-order valence-corrected chi connectivity index (χ0v) is 9.59. The molecule has 0 radical (unpaired) electrons. The van der Waals surface area contributed by atoms with E-state index in [1.54, 1.807) is 13.0 Å². The van der Waals surface area contributed by atoms with E-state index in [1.807, 2.05) is 0 Å². The summed E-state index contributed by atoms with van der Waals surface area (Å²) in [7, 11) is 0. The number of rotatable bonds is 3. The minimum Gasteiger partial charge on any atom is -0.404 e. The zero-order chi connectivity index (χ0) is 13.3. The Labute approximate surface area is 102 Å². The monoisotopic (exact) mass is 250 g/mol. The van der Waals surface area contributed by atoms with Crippen molar-refractivity contribution in [2.45, 2.75) is 13.0 Å². The fourth-order valence-corrected chi connectivity index (χ4v) is 1.63. The molecule has 1 atom stereocenters. The first-order valence-electron chi connectivity index (χ1n) is 5.25. The van der Waals surface area contributed by atoms with E-state index in [1.165, 1.54) is 24.3 Å². The highest BCUT2D eigenvalue weighted by atomic mass is 19.1. The maximum absolute atomic E-state index is 13.1. The molecule has 1 unspecified atom stereocenters. The summed E-state index contributed by atoms with van der Waals surface area (Å²) >= 11 is 0. The van der Waals surface area contributed by atoms with Crippen molar-refractivity contribution in [3.8, 4) is 0 Å². The predicted molar refractivity (Wildman–Crippen MR) is 62.5 cm³/mol. The van der Waals surface area contributed by atoms with Gasteiger partial charge in [0.25, 0.3) is 0 Å². The van der Waals surface area contributed by atoms with Crippen LogP contribution in [0.5, 0.6) is 0 Å². The Balaban J connectivity index is 2.31. The molecule has 18 heavy (non-hydrogen) atoms. The average molecular weight is 250 g/mol. The van der Waals surface area contributed by atoms with Crippen LogP contribution in [0.15, 0.2) is 34.7 Å². The van der Waals surface area contributed by atoms with Gasteiger partial charge < -0.3 is 10.2 Å².